The third-order valence-electron chi connectivity index (χ3n) is 3.29. The normalized spacial score (nSPS) is 23.4. The average molecular weight is 272 g/mol. The van der Waals surface area contributed by atoms with Crippen LogP contribution in [0.1, 0.15) is 25.5 Å². The van der Waals surface area contributed by atoms with Gasteiger partial charge in [0.2, 0.25) is 0 Å². The van der Waals surface area contributed by atoms with E-state index in [9.17, 15) is 0 Å². The van der Waals surface area contributed by atoms with Crippen LogP contribution in [0.3, 0.4) is 0 Å². The lowest BCUT2D eigenvalue weighted by atomic mass is 10.0. The number of allylic oxidation sites excluding steroid dienone is 1. The fourth-order valence-corrected chi connectivity index (χ4v) is 3.49. The number of hydrogen-bond donors (Lipinski definition) is 0. The van der Waals surface area contributed by atoms with Crippen molar-refractivity contribution in [2.45, 2.75) is 19.8 Å². The number of ether oxygens (including phenoxy) is 1. The van der Waals surface area contributed by atoms with Crippen LogP contribution in [0, 0.1) is 5.92 Å². The van der Waals surface area contributed by atoms with Crippen LogP contribution in [0.15, 0.2) is 5.03 Å². The number of nitrogens with zero attached hydrogens (tertiary/aromatic N) is 3. The summed E-state index contributed by atoms with van der Waals surface area (Å²) in [4.78, 5) is 2.32. The van der Waals surface area contributed by atoms with Gasteiger partial charge in [-0.3, -0.25) is 0 Å². The van der Waals surface area contributed by atoms with Crippen molar-refractivity contribution in [3.05, 3.63) is 10.7 Å². The number of hydrogen-bond acceptors (Lipinski definition) is 5. The molecule has 1 atom stereocenters. The molecule has 0 saturated carbocycles. The minimum Gasteiger partial charge on any atom is -0.476 e. The summed E-state index contributed by atoms with van der Waals surface area (Å²) in [6, 6.07) is 0. The smallest absolute Gasteiger partial charge is 0.255 e. The number of halogens is 1. The molecular weight excluding hydrogens is 258 g/mol. The molecule has 0 amide bonds. The molecule has 0 aliphatic carbocycles. The Kier molecular flexibility index (Phi) is 2.96. The second-order valence-electron chi connectivity index (χ2n) is 4.41. The lowest BCUT2D eigenvalue weighted by molar-refractivity contribution is 0.326. The molecule has 2 aliphatic rings. The van der Waals surface area contributed by atoms with Crippen molar-refractivity contribution >= 4 is 29.0 Å². The van der Waals surface area contributed by atoms with Crippen molar-refractivity contribution in [2.75, 3.05) is 19.7 Å². The molecule has 6 heteroatoms. The monoisotopic (exact) mass is 271 g/mol. The molecule has 0 aromatic carbocycles. The highest BCUT2D eigenvalue weighted by Crippen LogP contribution is 2.42. The highest BCUT2D eigenvalue weighted by atomic mass is 35.5. The molecule has 1 fully saturated rings. The fourth-order valence-electron chi connectivity index (χ4n) is 2.56. The first kappa shape index (κ1) is 11.3. The SMILES string of the molecule is CCOc1nsnc1C1=C(Cl)CC2CCN1C2. The highest BCUT2D eigenvalue weighted by molar-refractivity contribution is 6.99. The van der Waals surface area contributed by atoms with Crippen molar-refractivity contribution in [3.63, 3.8) is 0 Å². The van der Waals surface area contributed by atoms with Crippen molar-refractivity contribution in [1.82, 2.24) is 13.6 Å². The van der Waals surface area contributed by atoms with E-state index in [0.29, 0.717) is 18.4 Å². The summed E-state index contributed by atoms with van der Waals surface area (Å²) in [7, 11) is 0. The van der Waals surface area contributed by atoms with Gasteiger partial charge in [0.1, 0.15) is 0 Å². The first-order chi connectivity index (χ1) is 8.29. The van der Waals surface area contributed by atoms with E-state index in [1.165, 1.54) is 18.1 Å². The molecule has 3 heterocycles. The second kappa shape index (κ2) is 4.46. The van der Waals surface area contributed by atoms with Gasteiger partial charge in [0.05, 0.1) is 24.0 Å². The van der Waals surface area contributed by atoms with E-state index in [0.717, 1.165) is 35.9 Å². The van der Waals surface area contributed by atoms with E-state index in [2.05, 4.69) is 13.6 Å². The number of aromatic nitrogens is 2. The van der Waals surface area contributed by atoms with E-state index in [1.807, 2.05) is 6.92 Å². The van der Waals surface area contributed by atoms with E-state index >= 15 is 0 Å². The molecule has 2 bridgehead atoms. The van der Waals surface area contributed by atoms with Gasteiger partial charge in [-0.15, -0.1) is 4.37 Å². The fraction of sp³-hybridized carbons (Fsp3) is 0.636. The van der Waals surface area contributed by atoms with E-state index < -0.39 is 0 Å². The van der Waals surface area contributed by atoms with Crippen LogP contribution >= 0.6 is 23.3 Å². The van der Waals surface area contributed by atoms with E-state index in [-0.39, 0.29) is 0 Å². The Hall–Kier alpha value is -0.810. The average Bonchev–Trinajstić information content (AvgIpc) is 2.89. The first-order valence-electron chi connectivity index (χ1n) is 5.89. The summed E-state index contributed by atoms with van der Waals surface area (Å²) in [5.41, 5.74) is 1.86. The molecule has 3 rings (SSSR count). The Bertz CT molecular complexity index is 459. The van der Waals surface area contributed by atoms with Crippen molar-refractivity contribution in [3.8, 4) is 5.88 Å². The molecule has 2 aliphatic heterocycles. The van der Waals surface area contributed by atoms with Crippen LogP contribution < -0.4 is 4.74 Å². The van der Waals surface area contributed by atoms with Crippen LogP contribution in [0.25, 0.3) is 5.70 Å². The van der Waals surface area contributed by atoms with Crippen molar-refractivity contribution in [2.24, 2.45) is 5.92 Å². The van der Waals surface area contributed by atoms with Crippen LogP contribution in [0.2, 0.25) is 0 Å². The van der Waals surface area contributed by atoms with Crippen molar-refractivity contribution in [1.29, 1.82) is 0 Å². The molecular formula is C11H14ClN3OS. The third kappa shape index (κ3) is 1.91. The Morgan fingerprint density at radius 1 is 1.53 bits per heavy atom. The van der Waals surface area contributed by atoms with Gasteiger partial charge in [0.15, 0.2) is 5.69 Å². The third-order valence-corrected chi connectivity index (χ3v) is 4.14. The lowest BCUT2D eigenvalue weighted by Crippen LogP contribution is -2.24. The summed E-state index contributed by atoms with van der Waals surface area (Å²) >= 11 is 7.58. The Balaban J connectivity index is 1.99. The topological polar surface area (TPSA) is 38.3 Å². The van der Waals surface area contributed by atoms with Gasteiger partial charge >= 0.3 is 0 Å². The summed E-state index contributed by atoms with van der Waals surface area (Å²) < 4.78 is 14.0. The minimum atomic E-state index is 0.603. The molecule has 0 radical (unpaired) electrons. The largest absolute Gasteiger partial charge is 0.476 e. The number of rotatable bonds is 3. The Morgan fingerprint density at radius 2 is 2.41 bits per heavy atom. The molecule has 1 unspecified atom stereocenters. The van der Waals surface area contributed by atoms with Gasteiger partial charge in [-0.2, -0.15) is 4.37 Å². The summed E-state index contributed by atoms with van der Waals surface area (Å²) in [5.74, 6) is 1.34. The molecule has 0 N–H and O–H groups in total. The molecule has 1 aromatic heterocycles. The van der Waals surface area contributed by atoms with Gasteiger partial charge < -0.3 is 9.64 Å². The second-order valence-corrected chi connectivity index (χ2v) is 5.39. The summed E-state index contributed by atoms with van der Waals surface area (Å²) in [5, 5.41) is 0.910. The predicted molar refractivity (Wildman–Crippen MR) is 68.1 cm³/mol. The maximum Gasteiger partial charge on any atom is 0.255 e. The maximum absolute atomic E-state index is 6.40. The lowest BCUT2D eigenvalue weighted by Gasteiger charge is -2.27. The minimum absolute atomic E-state index is 0.603. The predicted octanol–water partition coefficient (Wildman–Crippen LogP) is 2.57. The van der Waals surface area contributed by atoms with E-state index in [4.69, 9.17) is 16.3 Å². The van der Waals surface area contributed by atoms with Gasteiger partial charge in [0, 0.05) is 18.1 Å². The van der Waals surface area contributed by atoms with Gasteiger partial charge in [0.25, 0.3) is 5.88 Å². The standard InChI is InChI=1S/C11H14ClN3OS/c1-2-16-11-9(13-17-14-11)10-8(12)5-7-3-4-15(10)6-7/h7H,2-6H2,1H3. The summed E-state index contributed by atoms with van der Waals surface area (Å²) in [6.07, 6.45) is 2.19. The van der Waals surface area contributed by atoms with Gasteiger partial charge in [-0.25, -0.2) is 0 Å². The quantitative estimate of drug-likeness (QED) is 0.847. The van der Waals surface area contributed by atoms with Gasteiger partial charge in [-0.05, 0) is 25.7 Å². The maximum atomic E-state index is 6.40. The molecule has 1 saturated heterocycles. The molecule has 92 valence electrons. The summed E-state index contributed by atoms with van der Waals surface area (Å²) in [6.45, 7) is 4.71. The van der Waals surface area contributed by atoms with Crippen LogP contribution in [0.5, 0.6) is 5.88 Å². The van der Waals surface area contributed by atoms with Crippen molar-refractivity contribution < 1.29 is 4.74 Å². The van der Waals surface area contributed by atoms with E-state index in [1.54, 1.807) is 0 Å². The van der Waals surface area contributed by atoms with Crippen LogP contribution in [0.4, 0.5) is 0 Å². The Labute approximate surface area is 110 Å². The molecule has 1 aromatic rings. The molecule has 4 nitrogen and oxygen atoms in total. The molecule has 0 spiro atoms. The zero-order valence-corrected chi connectivity index (χ0v) is 11.2. The zero-order valence-electron chi connectivity index (χ0n) is 9.65. The Morgan fingerprint density at radius 3 is 3.24 bits per heavy atom. The first-order valence-corrected chi connectivity index (χ1v) is 6.99. The van der Waals surface area contributed by atoms with Crippen LogP contribution in [-0.2, 0) is 0 Å². The van der Waals surface area contributed by atoms with Crippen LogP contribution in [-0.4, -0.2) is 33.3 Å². The molecule has 17 heavy (non-hydrogen) atoms. The highest BCUT2D eigenvalue weighted by Gasteiger charge is 2.34. The van der Waals surface area contributed by atoms with Gasteiger partial charge in [-0.1, -0.05) is 11.6 Å². The number of fused-ring (bicyclic) bond motifs is 2. The zero-order chi connectivity index (χ0) is 11.8.